The predicted octanol–water partition coefficient (Wildman–Crippen LogP) is 4.54. The summed E-state index contributed by atoms with van der Waals surface area (Å²) in [6.45, 7) is 1.98. The Balaban J connectivity index is 2.10. The fraction of sp³-hybridized carbons (Fsp3) is 0.0588. The molecule has 2 nitrogen and oxygen atoms in total. The summed E-state index contributed by atoms with van der Waals surface area (Å²) < 4.78 is 0.814. The van der Waals surface area contributed by atoms with Crippen LogP contribution in [-0.2, 0) is 0 Å². The Bertz CT molecular complexity index is 811. The molecule has 0 spiro atoms. The second kappa shape index (κ2) is 5.17. The average Bonchev–Trinajstić information content (AvgIpc) is 2.48. The first-order valence-electron chi connectivity index (χ1n) is 6.31. The average molecular weight is 326 g/mol. The maximum Gasteiger partial charge on any atom is 0.194 e. The zero-order valence-corrected chi connectivity index (χ0v) is 12.5. The van der Waals surface area contributed by atoms with E-state index >= 15 is 0 Å². The molecule has 0 saturated carbocycles. The molecule has 0 saturated heterocycles. The number of hydrogen-bond acceptors (Lipinski definition) is 2. The molecule has 0 aliphatic heterocycles. The topological polar surface area (TPSA) is 30.0 Å². The van der Waals surface area contributed by atoms with Crippen molar-refractivity contribution in [3.63, 3.8) is 0 Å². The van der Waals surface area contributed by atoms with E-state index in [1.807, 2.05) is 55.5 Å². The van der Waals surface area contributed by atoms with Crippen LogP contribution in [-0.4, -0.2) is 10.8 Å². The molecule has 0 radical (unpaired) electrons. The molecule has 0 fully saturated rings. The zero-order valence-electron chi connectivity index (χ0n) is 10.9. The molecule has 0 N–H and O–H groups in total. The van der Waals surface area contributed by atoms with E-state index in [9.17, 15) is 4.79 Å². The van der Waals surface area contributed by atoms with Crippen LogP contribution >= 0.6 is 15.9 Å². The fourth-order valence-corrected chi connectivity index (χ4v) is 2.60. The van der Waals surface area contributed by atoms with Gasteiger partial charge in [-0.05, 0) is 31.2 Å². The van der Waals surface area contributed by atoms with Gasteiger partial charge in [0.25, 0.3) is 0 Å². The molecule has 0 aliphatic rings. The van der Waals surface area contributed by atoms with Crippen molar-refractivity contribution in [2.75, 3.05) is 0 Å². The molecule has 20 heavy (non-hydrogen) atoms. The van der Waals surface area contributed by atoms with Crippen molar-refractivity contribution in [2.24, 2.45) is 0 Å². The van der Waals surface area contributed by atoms with Gasteiger partial charge in [-0.3, -0.25) is 9.78 Å². The lowest BCUT2D eigenvalue weighted by Crippen LogP contribution is -2.03. The summed E-state index contributed by atoms with van der Waals surface area (Å²) in [7, 11) is 0. The maximum atomic E-state index is 12.6. The van der Waals surface area contributed by atoms with Crippen LogP contribution < -0.4 is 0 Å². The Morgan fingerprint density at radius 1 is 1.10 bits per heavy atom. The summed E-state index contributed by atoms with van der Waals surface area (Å²) in [5.74, 6) is 0.00753. The second-order valence-electron chi connectivity index (χ2n) is 4.72. The van der Waals surface area contributed by atoms with Crippen LogP contribution in [0.1, 0.15) is 21.5 Å². The number of ketones is 1. The van der Waals surface area contributed by atoms with Gasteiger partial charge in [0, 0.05) is 27.2 Å². The summed E-state index contributed by atoms with van der Waals surface area (Å²) in [5.41, 5.74) is 3.24. The molecular formula is C17H12BrNO. The highest BCUT2D eigenvalue weighted by Crippen LogP contribution is 2.23. The van der Waals surface area contributed by atoms with Crippen LogP contribution in [0.4, 0.5) is 0 Å². The number of fused-ring (bicyclic) bond motifs is 1. The van der Waals surface area contributed by atoms with Crippen molar-refractivity contribution < 1.29 is 4.79 Å². The maximum absolute atomic E-state index is 12.6. The van der Waals surface area contributed by atoms with Crippen LogP contribution in [0, 0.1) is 6.92 Å². The van der Waals surface area contributed by atoms with Crippen molar-refractivity contribution >= 4 is 32.6 Å². The first kappa shape index (κ1) is 13.0. The van der Waals surface area contributed by atoms with Crippen LogP contribution in [0.5, 0.6) is 0 Å². The minimum Gasteiger partial charge on any atom is -0.289 e. The van der Waals surface area contributed by atoms with E-state index < -0.39 is 0 Å². The quantitative estimate of drug-likeness (QED) is 0.647. The summed E-state index contributed by atoms with van der Waals surface area (Å²) >= 11 is 3.44. The Morgan fingerprint density at radius 2 is 1.95 bits per heavy atom. The van der Waals surface area contributed by atoms with Gasteiger partial charge in [-0.15, -0.1) is 0 Å². The van der Waals surface area contributed by atoms with Crippen molar-refractivity contribution in [1.29, 1.82) is 0 Å². The third kappa shape index (κ3) is 2.37. The molecule has 0 bridgehead atoms. The van der Waals surface area contributed by atoms with Crippen LogP contribution in [0.3, 0.4) is 0 Å². The Kier molecular flexibility index (Phi) is 3.36. The SMILES string of the molecule is Cc1ccc(Br)c(C(=O)c2ccc3cccnc3c2)c1. The van der Waals surface area contributed by atoms with E-state index in [2.05, 4.69) is 20.9 Å². The van der Waals surface area contributed by atoms with E-state index in [-0.39, 0.29) is 5.78 Å². The highest BCUT2D eigenvalue weighted by molar-refractivity contribution is 9.10. The van der Waals surface area contributed by atoms with E-state index in [4.69, 9.17) is 0 Å². The number of aryl methyl sites for hydroxylation is 1. The standard InChI is InChI=1S/C17H12BrNO/c1-11-4-7-15(18)14(9-11)17(20)13-6-5-12-3-2-8-19-16(12)10-13/h2-10H,1H3. The minimum absolute atomic E-state index is 0.00753. The Labute approximate surface area is 125 Å². The van der Waals surface area contributed by atoms with Crippen LogP contribution in [0.15, 0.2) is 59.2 Å². The van der Waals surface area contributed by atoms with Gasteiger partial charge in [0.1, 0.15) is 0 Å². The van der Waals surface area contributed by atoms with E-state index in [0.717, 1.165) is 20.9 Å². The van der Waals surface area contributed by atoms with Gasteiger partial charge in [-0.25, -0.2) is 0 Å². The molecule has 0 amide bonds. The molecular weight excluding hydrogens is 314 g/mol. The Hall–Kier alpha value is -2.00. The highest BCUT2D eigenvalue weighted by Gasteiger charge is 2.13. The van der Waals surface area contributed by atoms with E-state index in [0.29, 0.717) is 11.1 Å². The van der Waals surface area contributed by atoms with Crippen LogP contribution in [0.25, 0.3) is 10.9 Å². The largest absolute Gasteiger partial charge is 0.289 e. The molecule has 98 valence electrons. The number of halogens is 1. The summed E-state index contributed by atoms with van der Waals surface area (Å²) in [5, 5.41) is 1.03. The van der Waals surface area contributed by atoms with Crippen molar-refractivity contribution in [3.05, 3.63) is 75.9 Å². The van der Waals surface area contributed by atoms with Crippen LogP contribution in [0.2, 0.25) is 0 Å². The van der Waals surface area contributed by atoms with Gasteiger partial charge in [-0.2, -0.15) is 0 Å². The number of aromatic nitrogens is 1. The molecule has 1 heterocycles. The number of hydrogen-bond donors (Lipinski definition) is 0. The van der Waals surface area contributed by atoms with E-state index in [1.54, 1.807) is 6.20 Å². The number of carbonyl (C=O) groups excluding carboxylic acids is 1. The smallest absolute Gasteiger partial charge is 0.194 e. The van der Waals surface area contributed by atoms with Gasteiger partial charge in [0.05, 0.1) is 5.52 Å². The van der Waals surface area contributed by atoms with Crippen molar-refractivity contribution in [2.45, 2.75) is 6.92 Å². The molecule has 0 unspecified atom stereocenters. The monoisotopic (exact) mass is 325 g/mol. The third-order valence-electron chi connectivity index (χ3n) is 3.23. The second-order valence-corrected chi connectivity index (χ2v) is 5.58. The summed E-state index contributed by atoms with van der Waals surface area (Å²) in [6, 6.07) is 15.3. The van der Waals surface area contributed by atoms with Gasteiger partial charge >= 0.3 is 0 Å². The fourth-order valence-electron chi connectivity index (χ4n) is 2.18. The molecule has 2 aromatic carbocycles. The lowest BCUT2D eigenvalue weighted by molar-refractivity contribution is 0.103. The molecule has 1 aromatic heterocycles. The number of pyridine rings is 1. The third-order valence-corrected chi connectivity index (χ3v) is 3.93. The van der Waals surface area contributed by atoms with Crippen molar-refractivity contribution in [1.82, 2.24) is 4.98 Å². The number of nitrogens with zero attached hydrogens (tertiary/aromatic N) is 1. The lowest BCUT2D eigenvalue weighted by atomic mass is 10.0. The molecule has 0 aliphatic carbocycles. The normalized spacial score (nSPS) is 10.7. The predicted molar refractivity (Wildman–Crippen MR) is 84.1 cm³/mol. The minimum atomic E-state index is 0.00753. The van der Waals surface area contributed by atoms with Gasteiger partial charge < -0.3 is 0 Å². The molecule has 3 heteroatoms. The Morgan fingerprint density at radius 3 is 2.80 bits per heavy atom. The van der Waals surface area contributed by atoms with Gasteiger partial charge in [-0.1, -0.05) is 45.8 Å². The molecule has 3 rings (SSSR count). The molecule has 0 atom stereocenters. The molecule has 3 aromatic rings. The number of rotatable bonds is 2. The lowest BCUT2D eigenvalue weighted by Gasteiger charge is -2.06. The number of benzene rings is 2. The summed E-state index contributed by atoms with van der Waals surface area (Å²) in [6.07, 6.45) is 1.74. The van der Waals surface area contributed by atoms with Gasteiger partial charge in [0.15, 0.2) is 5.78 Å². The van der Waals surface area contributed by atoms with Crippen molar-refractivity contribution in [3.8, 4) is 0 Å². The zero-order chi connectivity index (χ0) is 14.1. The first-order chi connectivity index (χ1) is 9.65. The highest BCUT2D eigenvalue weighted by atomic mass is 79.9. The van der Waals surface area contributed by atoms with E-state index in [1.165, 1.54) is 0 Å². The number of carbonyl (C=O) groups is 1. The van der Waals surface area contributed by atoms with Gasteiger partial charge in [0.2, 0.25) is 0 Å². The first-order valence-corrected chi connectivity index (χ1v) is 7.10. The summed E-state index contributed by atoms with van der Waals surface area (Å²) in [4.78, 5) is 16.9.